The normalized spacial score (nSPS) is 9.88. The summed E-state index contributed by atoms with van der Waals surface area (Å²) in [5, 5.41) is 17.2. The Bertz CT molecular complexity index is 474. The maximum Gasteiger partial charge on any atom is 0.264 e. The zero-order chi connectivity index (χ0) is 12.1. The lowest BCUT2D eigenvalue weighted by molar-refractivity contribution is 0.150. The van der Waals surface area contributed by atoms with Gasteiger partial charge in [-0.15, -0.1) is 11.6 Å². The second-order valence-electron chi connectivity index (χ2n) is 2.91. The Morgan fingerprint density at radius 3 is 2.56 bits per heavy atom. The number of halogens is 3. The van der Waals surface area contributed by atoms with Gasteiger partial charge in [-0.25, -0.2) is 13.8 Å². The van der Waals surface area contributed by atoms with E-state index < -0.39 is 6.43 Å². The van der Waals surface area contributed by atoms with Crippen molar-refractivity contribution >= 4 is 11.6 Å². The molecule has 0 aliphatic carbocycles. The number of rotatable bonds is 3. The summed E-state index contributed by atoms with van der Waals surface area (Å²) in [6.45, 7) is 0. The molecule has 6 heteroatoms. The molecule has 0 fully saturated rings. The van der Waals surface area contributed by atoms with Crippen molar-refractivity contribution in [2.75, 3.05) is 0 Å². The molecule has 0 saturated carbocycles. The summed E-state index contributed by atoms with van der Waals surface area (Å²) in [5.41, 5.74) is -0.283. The molecule has 1 aromatic heterocycles. The van der Waals surface area contributed by atoms with Crippen LogP contribution < -0.4 is 0 Å². The highest BCUT2D eigenvalue weighted by Gasteiger charge is 2.18. The highest BCUT2D eigenvalue weighted by molar-refractivity contribution is 6.17. The van der Waals surface area contributed by atoms with Crippen LogP contribution in [0.4, 0.5) is 8.78 Å². The first-order chi connectivity index (χ1) is 7.63. The van der Waals surface area contributed by atoms with Crippen LogP contribution in [-0.2, 0) is 12.3 Å². The molecule has 0 amide bonds. The minimum absolute atomic E-state index is 0.0286. The molecular formula is C10H6ClF2N3. The highest BCUT2D eigenvalue weighted by atomic mass is 35.5. The number of aromatic nitrogens is 1. The summed E-state index contributed by atoms with van der Waals surface area (Å²) in [4.78, 5) is 3.79. The van der Waals surface area contributed by atoms with Gasteiger partial charge in [-0.2, -0.15) is 10.5 Å². The fourth-order valence-electron chi connectivity index (χ4n) is 1.25. The van der Waals surface area contributed by atoms with E-state index in [0.29, 0.717) is 0 Å². The first kappa shape index (κ1) is 12.4. The van der Waals surface area contributed by atoms with E-state index in [1.165, 1.54) is 0 Å². The molecule has 0 aliphatic rings. The van der Waals surface area contributed by atoms with E-state index in [-0.39, 0.29) is 34.8 Å². The fraction of sp³-hybridized carbons (Fsp3) is 0.300. The molecule has 1 heterocycles. The summed E-state index contributed by atoms with van der Waals surface area (Å²) in [6, 6.07) is 4.61. The Labute approximate surface area is 95.9 Å². The van der Waals surface area contributed by atoms with Crippen LogP contribution in [0.3, 0.4) is 0 Å². The lowest BCUT2D eigenvalue weighted by Gasteiger charge is -2.09. The van der Waals surface area contributed by atoms with Gasteiger partial charge < -0.3 is 0 Å². The van der Waals surface area contributed by atoms with Crippen molar-refractivity contribution in [3.63, 3.8) is 0 Å². The van der Waals surface area contributed by atoms with Gasteiger partial charge in [-0.1, -0.05) is 0 Å². The molecule has 0 aliphatic heterocycles. The van der Waals surface area contributed by atoms with E-state index in [1.54, 1.807) is 12.1 Å². The molecule has 0 bridgehead atoms. The topological polar surface area (TPSA) is 60.5 Å². The molecule has 0 radical (unpaired) electrons. The zero-order valence-electron chi connectivity index (χ0n) is 8.04. The van der Waals surface area contributed by atoms with Gasteiger partial charge in [0.1, 0.15) is 11.8 Å². The maximum atomic E-state index is 12.7. The molecule has 0 spiro atoms. The summed E-state index contributed by atoms with van der Waals surface area (Å²) in [5.74, 6) is -0.206. The van der Waals surface area contributed by atoms with E-state index in [0.717, 1.165) is 6.07 Å². The molecular weight excluding hydrogens is 236 g/mol. The predicted molar refractivity (Wildman–Crippen MR) is 52.8 cm³/mol. The smallest absolute Gasteiger partial charge is 0.241 e. The van der Waals surface area contributed by atoms with E-state index in [9.17, 15) is 8.78 Å². The van der Waals surface area contributed by atoms with Crippen LogP contribution in [0, 0.1) is 22.7 Å². The van der Waals surface area contributed by atoms with Crippen LogP contribution >= 0.6 is 11.6 Å². The minimum atomic E-state index is -2.73. The van der Waals surface area contributed by atoms with Crippen LogP contribution in [0.5, 0.6) is 0 Å². The molecule has 16 heavy (non-hydrogen) atoms. The molecule has 0 saturated heterocycles. The predicted octanol–water partition coefficient (Wildman–Crippen LogP) is 2.70. The van der Waals surface area contributed by atoms with Crippen LogP contribution in [0.15, 0.2) is 6.07 Å². The number of hydrogen-bond donors (Lipinski definition) is 0. The highest BCUT2D eigenvalue weighted by Crippen LogP contribution is 2.26. The van der Waals surface area contributed by atoms with Gasteiger partial charge >= 0.3 is 0 Å². The van der Waals surface area contributed by atoms with Crippen molar-refractivity contribution in [1.29, 1.82) is 10.5 Å². The van der Waals surface area contributed by atoms with Gasteiger partial charge in [0.2, 0.25) is 0 Å². The van der Waals surface area contributed by atoms with Gasteiger partial charge in [0.15, 0.2) is 0 Å². The number of nitriles is 2. The van der Waals surface area contributed by atoms with Crippen LogP contribution in [0.2, 0.25) is 0 Å². The summed E-state index contributed by atoms with van der Waals surface area (Å²) in [6.07, 6.45) is -2.85. The van der Waals surface area contributed by atoms with Gasteiger partial charge in [0.05, 0.1) is 24.1 Å². The standard InChI is InChI=1S/C10H6ClF2N3/c11-4-8-7(10(12)13)3-6(1-2-14)16-9(8)5-15/h3,10H,1,4H2. The Kier molecular flexibility index (Phi) is 4.16. The quantitative estimate of drug-likeness (QED) is 0.765. The molecule has 82 valence electrons. The van der Waals surface area contributed by atoms with Crippen LogP contribution in [0.1, 0.15) is 28.9 Å². The Balaban J connectivity index is 3.40. The lowest BCUT2D eigenvalue weighted by atomic mass is 10.1. The minimum Gasteiger partial charge on any atom is -0.241 e. The third kappa shape index (κ3) is 2.44. The third-order valence-electron chi connectivity index (χ3n) is 1.95. The zero-order valence-corrected chi connectivity index (χ0v) is 8.80. The van der Waals surface area contributed by atoms with E-state index >= 15 is 0 Å². The first-order valence-electron chi connectivity index (χ1n) is 4.27. The molecule has 3 nitrogen and oxygen atoms in total. The van der Waals surface area contributed by atoms with Gasteiger partial charge in [-0.05, 0) is 6.07 Å². The van der Waals surface area contributed by atoms with Crippen molar-refractivity contribution in [3.05, 3.63) is 28.6 Å². The number of hydrogen-bond acceptors (Lipinski definition) is 3. The van der Waals surface area contributed by atoms with Crippen LogP contribution in [0.25, 0.3) is 0 Å². The molecule has 1 rings (SSSR count). The molecule has 0 aromatic carbocycles. The SMILES string of the molecule is N#CCc1cc(C(F)F)c(CCl)c(C#N)n1. The summed E-state index contributed by atoms with van der Waals surface area (Å²) < 4.78 is 25.3. The van der Waals surface area contributed by atoms with Crippen molar-refractivity contribution in [2.24, 2.45) is 0 Å². The largest absolute Gasteiger partial charge is 0.264 e. The number of pyridine rings is 1. The maximum absolute atomic E-state index is 12.7. The third-order valence-corrected chi connectivity index (χ3v) is 2.21. The number of alkyl halides is 3. The second kappa shape index (κ2) is 5.39. The first-order valence-corrected chi connectivity index (χ1v) is 4.81. The average molecular weight is 242 g/mol. The van der Waals surface area contributed by atoms with E-state index in [4.69, 9.17) is 22.1 Å². The van der Waals surface area contributed by atoms with Crippen molar-refractivity contribution in [3.8, 4) is 12.1 Å². The summed E-state index contributed by atoms with van der Waals surface area (Å²) >= 11 is 5.50. The van der Waals surface area contributed by atoms with Gasteiger partial charge in [0, 0.05) is 11.1 Å². The Morgan fingerprint density at radius 1 is 1.44 bits per heavy atom. The Hall–Kier alpha value is -1.72. The fourth-order valence-corrected chi connectivity index (χ4v) is 1.53. The van der Waals surface area contributed by atoms with E-state index in [2.05, 4.69) is 4.98 Å². The van der Waals surface area contributed by atoms with Gasteiger partial charge in [0.25, 0.3) is 6.43 Å². The van der Waals surface area contributed by atoms with E-state index in [1.807, 2.05) is 0 Å². The molecule has 0 unspecified atom stereocenters. The average Bonchev–Trinajstić information content (AvgIpc) is 2.28. The second-order valence-corrected chi connectivity index (χ2v) is 3.18. The van der Waals surface area contributed by atoms with Crippen LogP contribution in [-0.4, -0.2) is 4.98 Å². The molecule has 1 aromatic rings. The Morgan fingerprint density at radius 2 is 2.12 bits per heavy atom. The van der Waals surface area contributed by atoms with Crippen molar-refractivity contribution in [1.82, 2.24) is 4.98 Å². The number of nitrogens with zero attached hydrogens (tertiary/aromatic N) is 3. The molecule has 0 N–H and O–H groups in total. The monoisotopic (exact) mass is 241 g/mol. The summed E-state index contributed by atoms with van der Waals surface area (Å²) in [7, 11) is 0. The van der Waals surface area contributed by atoms with Crippen molar-refractivity contribution < 1.29 is 8.78 Å². The van der Waals surface area contributed by atoms with Crippen molar-refractivity contribution in [2.45, 2.75) is 18.7 Å². The molecule has 0 atom stereocenters. The lowest BCUT2D eigenvalue weighted by Crippen LogP contribution is -2.03. The van der Waals surface area contributed by atoms with Gasteiger partial charge in [-0.3, -0.25) is 0 Å².